The Hall–Kier alpha value is -0.310. The molecular formula is C11H16N2O3S3. The molecule has 1 saturated carbocycles. The highest BCUT2D eigenvalue weighted by Gasteiger charge is 2.35. The van der Waals surface area contributed by atoms with E-state index in [0.717, 1.165) is 8.68 Å². The Morgan fingerprint density at radius 3 is 2.58 bits per heavy atom. The van der Waals surface area contributed by atoms with Crippen molar-refractivity contribution in [2.75, 3.05) is 12.0 Å². The number of aliphatic hydroxyl groups is 1. The van der Waals surface area contributed by atoms with Gasteiger partial charge in [0.1, 0.15) is 0 Å². The Morgan fingerprint density at radius 2 is 2.05 bits per heavy atom. The van der Waals surface area contributed by atoms with Crippen LogP contribution in [-0.4, -0.2) is 44.0 Å². The van der Waals surface area contributed by atoms with Gasteiger partial charge in [0.2, 0.25) is 0 Å². The third-order valence-corrected chi connectivity index (χ3v) is 6.60. The minimum Gasteiger partial charge on any atom is -0.481 e. The van der Waals surface area contributed by atoms with Crippen LogP contribution in [0, 0.1) is 5.92 Å². The van der Waals surface area contributed by atoms with Crippen molar-refractivity contribution in [3.63, 3.8) is 0 Å². The lowest BCUT2D eigenvalue weighted by molar-refractivity contribution is -0.144. The molecule has 0 aromatic carbocycles. The Bertz CT molecular complexity index is 444. The van der Waals surface area contributed by atoms with Crippen LogP contribution < -0.4 is 0 Å². The summed E-state index contributed by atoms with van der Waals surface area (Å²) in [5.41, 5.74) is -0.762. The smallest absolute Gasteiger partial charge is 0.306 e. The van der Waals surface area contributed by atoms with E-state index in [9.17, 15) is 9.90 Å². The molecule has 2 N–H and O–H groups in total. The zero-order valence-electron chi connectivity index (χ0n) is 10.5. The predicted octanol–water partition coefficient (Wildman–Crippen LogP) is 2.36. The second-order valence-electron chi connectivity index (χ2n) is 4.66. The predicted molar refractivity (Wildman–Crippen MR) is 77.0 cm³/mol. The van der Waals surface area contributed by atoms with Gasteiger partial charge in [0, 0.05) is 5.75 Å². The summed E-state index contributed by atoms with van der Waals surface area (Å²) in [5.74, 6) is -0.485. The topological polar surface area (TPSA) is 83.3 Å². The van der Waals surface area contributed by atoms with Crippen molar-refractivity contribution in [1.82, 2.24) is 10.2 Å². The molecular weight excluding hydrogens is 304 g/mol. The number of hydrogen-bond donors (Lipinski definition) is 2. The first-order valence-corrected chi connectivity index (χ1v) is 9.00. The standard InChI is InChI=1S/C11H16N2O3S3/c1-17-9-12-13-10(19-9)18-6-11(16)4-2-7(3-5-11)8(14)15/h7,16H,2-6H2,1H3,(H,14,15). The lowest BCUT2D eigenvalue weighted by Gasteiger charge is -2.34. The van der Waals surface area contributed by atoms with Crippen LogP contribution in [0.25, 0.3) is 0 Å². The number of nitrogens with zero attached hydrogens (tertiary/aromatic N) is 2. The highest BCUT2D eigenvalue weighted by molar-refractivity contribution is 8.03. The summed E-state index contributed by atoms with van der Waals surface area (Å²) in [4.78, 5) is 10.9. The number of carbonyl (C=O) groups is 1. The molecule has 1 aliphatic carbocycles. The van der Waals surface area contributed by atoms with Gasteiger partial charge in [-0.3, -0.25) is 4.79 Å². The van der Waals surface area contributed by atoms with Gasteiger partial charge in [-0.1, -0.05) is 34.9 Å². The van der Waals surface area contributed by atoms with Gasteiger partial charge in [-0.25, -0.2) is 0 Å². The quantitative estimate of drug-likeness (QED) is 0.806. The van der Waals surface area contributed by atoms with Crippen LogP contribution in [0.5, 0.6) is 0 Å². The van der Waals surface area contributed by atoms with Crippen molar-refractivity contribution in [1.29, 1.82) is 0 Å². The van der Waals surface area contributed by atoms with E-state index < -0.39 is 11.6 Å². The first-order chi connectivity index (χ1) is 9.02. The van der Waals surface area contributed by atoms with Gasteiger partial charge in [0.15, 0.2) is 8.68 Å². The van der Waals surface area contributed by atoms with E-state index in [2.05, 4.69) is 10.2 Å². The minimum atomic E-state index is -0.762. The molecule has 0 amide bonds. The Balaban J connectivity index is 1.84. The molecule has 0 bridgehead atoms. The Labute approximate surface area is 124 Å². The van der Waals surface area contributed by atoms with Gasteiger partial charge in [-0.05, 0) is 31.9 Å². The van der Waals surface area contributed by atoms with Gasteiger partial charge >= 0.3 is 5.97 Å². The second-order valence-corrected chi connectivity index (χ2v) is 7.92. The Kier molecular flexibility index (Phi) is 5.10. The van der Waals surface area contributed by atoms with E-state index in [1.807, 2.05) is 6.26 Å². The van der Waals surface area contributed by atoms with E-state index in [-0.39, 0.29) is 5.92 Å². The summed E-state index contributed by atoms with van der Waals surface area (Å²) in [6, 6.07) is 0. The van der Waals surface area contributed by atoms with E-state index in [1.54, 1.807) is 11.8 Å². The summed E-state index contributed by atoms with van der Waals surface area (Å²) in [7, 11) is 0. The third kappa shape index (κ3) is 4.08. The average molecular weight is 320 g/mol. The molecule has 0 unspecified atom stereocenters. The summed E-state index contributed by atoms with van der Waals surface area (Å²) >= 11 is 4.59. The van der Waals surface area contributed by atoms with Gasteiger partial charge in [-0.15, -0.1) is 10.2 Å². The summed E-state index contributed by atoms with van der Waals surface area (Å²) in [6.45, 7) is 0. The van der Waals surface area contributed by atoms with Crippen LogP contribution in [-0.2, 0) is 4.79 Å². The maximum absolute atomic E-state index is 10.9. The number of aliphatic carboxylic acids is 1. The molecule has 1 fully saturated rings. The van der Waals surface area contributed by atoms with Crippen LogP contribution in [0.2, 0.25) is 0 Å². The summed E-state index contributed by atoms with van der Waals surface area (Å²) < 4.78 is 1.78. The lowest BCUT2D eigenvalue weighted by atomic mass is 9.80. The summed E-state index contributed by atoms with van der Waals surface area (Å²) in [5, 5.41) is 27.4. The highest BCUT2D eigenvalue weighted by atomic mass is 32.2. The van der Waals surface area contributed by atoms with Gasteiger partial charge in [-0.2, -0.15) is 0 Å². The number of aromatic nitrogens is 2. The van der Waals surface area contributed by atoms with Crippen molar-refractivity contribution in [3.05, 3.63) is 0 Å². The number of rotatable bonds is 5. The van der Waals surface area contributed by atoms with Crippen molar-refractivity contribution < 1.29 is 15.0 Å². The zero-order chi connectivity index (χ0) is 13.9. The molecule has 0 spiro atoms. The molecule has 5 nitrogen and oxygen atoms in total. The SMILES string of the molecule is CSc1nnc(SCC2(O)CCC(C(=O)O)CC2)s1. The molecule has 1 heterocycles. The van der Waals surface area contributed by atoms with E-state index in [1.165, 1.54) is 23.1 Å². The van der Waals surface area contributed by atoms with Crippen molar-refractivity contribution in [2.24, 2.45) is 5.92 Å². The van der Waals surface area contributed by atoms with Gasteiger partial charge in [0.25, 0.3) is 0 Å². The maximum atomic E-state index is 10.9. The minimum absolute atomic E-state index is 0.296. The normalized spacial score (nSPS) is 27.4. The van der Waals surface area contributed by atoms with Crippen LogP contribution in [0.4, 0.5) is 0 Å². The average Bonchev–Trinajstić information content (AvgIpc) is 2.85. The molecule has 0 atom stereocenters. The van der Waals surface area contributed by atoms with Crippen LogP contribution >= 0.6 is 34.9 Å². The number of carboxylic acids is 1. The Morgan fingerprint density at radius 1 is 1.42 bits per heavy atom. The summed E-state index contributed by atoms with van der Waals surface area (Å²) in [6.07, 6.45) is 4.16. The largest absolute Gasteiger partial charge is 0.481 e. The van der Waals surface area contributed by atoms with Gasteiger partial charge in [0.05, 0.1) is 11.5 Å². The van der Waals surface area contributed by atoms with Crippen molar-refractivity contribution in [3.8, 4) is 0 Å². The van der Waals surface area contributed by atoms with Crippen LogP contribution in [0.15, 0.2) is 8.68 Å². The fraction of sp³-hybridized carbons (Fsp3) is 0.727. The highest BCUT2D eigenvalue weighted by Crippen LogP contribution is 2.37. The number of carboxylic acid groups (broad SMARTS) is 1. The fourth-order valence-corrected chi connectivity index (χ4v) is 4.67. The zero-order valence-corrected chi connectivity index (χ0v) is 13.0. The molecule has 1 aromatic heterocycles. The maximum Gasteiger partial charge on any atom is 0.306 e. The first kappa shape index (κ1) is 15.1. The van der Waals surface area contributed by atoms with E-state index in [0.29, 0.717) is 31.4 Å². The molecule has 0 radical (unpaired) electrons. The molecule has 1 aromatic rings. The molecule has 19 heavy (non-hydrogen) atoms. The van der Waals surface area contributed by atoms with Crippen molar-refractivity contribution >= 4 is 40.8 Å². The van der Waals surface area contributed by atoms with Crippen LogP contribution in [0.3, 0.4) is 0 Å². The fourth-order valence-electron chi connectivity index (χ4n) is 2.08. The monoisotopic (exact) mass is 320 g/mol. The van der Waals surface area contributed by atoms with Crippen LogP contribution in [0.1, 0.15) is 25.7 Å². The second kappa shape index (κ2) is 6.43. The molecule has 106 valence electrons. The first-order valence-electron chi connectivity index (χ1n) is 5.98. The molecule has 1 aliphatic rings. The molecule has 0 saturated heterocycles. The van der Waals surface area contributed by atoms with Crippen molar-refractivity contribution in [2.45, 2.75) is 40.0 Å². The van der Waals surface area contributed by atoms with E-state index >= 15 is 0 Å². The number of hydrogen-bond acceptors (Lipinski definition) is 7. The van der Waals surface area contributed by atoms with Gasteiger partial charge < -0.3 is 10.2 Å². The number of thioether (sulfide) groups is 2. The lowest BCUT2D eigenvalue weighted by Crippen LogP contribution is -2.38. The third-order valence-electron chi connectivity index (χ3n) is 3.29. The molecule has 2 rings (SSSR count). The van der Waals surface area contributed by atoms with E-state index in [4.69, 9.17) is 5.11 Å². The molecule has 0 aliphatic heterocycles. The molecule has 8 heteroatoms.